The molecule has 1 aliphatic rings. The number of thiazole rings is 1. The minimum absolute atomic E-state index is 0.427. The first-order chi connectivity index (χ1) is 7.38. The zero-order valence-corrected chi connectivity index (χ0v) is 8.25. The van der Waals surface area contributed by atoms with E-state index in [-0.39, 0.29) is 0 Å². The van der Waals surface area contributed by atoms with Crippen molar-refractivity contribution >= 4 is 21.6 Å². The van der Waals surface area contributed by atoms with Crippen LogP contribution in [0.4, 0.5) is 0 Å². The van der Waals surface area contributed by atoms with Gasteiger partial charge in [-0.3, -0.25) is 0 Å². The SMILES string of the molecule is N#Cc1nc2ccc3c(c2s1)OC=CO3. The highest BCUT2D eigenvalue weighted by molar-refractivity contribution is 7.19. The zero-order valence-electron chi connectivity index (χ0n) is 7.43. The van der Waals surface area contributed by atoms with Gasteiger partial charge in [0.2, 0.25) is 0 Å². The van der Waals surface area contributed by atoms with Crippen molar-refractivity contribution in [2.24, 2.45) is 0 Å². The Hall–Kier alpha value is -2.06. The van der Waals surface area contributed by atoms with Gasteiger partial charge in [0.15, 0.2) is 16.5 Å². The molecular weight excluding hydrogens is 212 g/mol. The Kier molecular flexibility index (Phi) is 1.64. The molecule has 0 spiro atoms. The van der Waals surface area contributed by atoms with Crippen LogP contribution in [0, 0.1) is 11.3 Å². The molecule has 0 atom stereocenters. The molecule has 1 aromatic carbocycles. The van der Waals surface area contributed by atoms with Crippen molar-refractivity contribution in [2.45, 2.75) is 0 Å². The van der Waals surface area contributed by atoms with Gasteiger partial charge >= 0.3 is 0 Å². The molecule has 0 unspecified atom stereocenters. The maximum absolute atomic E-state index is 8.75. The first kappa shape index (κ1) is 8.26. The first-order valence-corrected chi connectivity index (χ1v) is 5.02. The summed E-state index contributed by atoms with van der Waals surface area (Å²) in [7, 11) is 0. The van der Waals surface area contributed by atoms with Gasteiger partial charge in [-0.05, 0) is 12.1 Å². The highest BCUT2D eigenvalue weighted by Crippen LogP contribution is 2.40. The van der Waals surface area contributed by atoms with Crippen molar-refractivity contribution in [3.8, 4) is 17.6 Å². The van der Waals surface area contributed by atoms with Crippen LogP contribution in [0.1, 0.15) is 5.01 Å². The van der Waals surface area contributed by atoms with E-state index in [2.05, 4.69) is 4.98 Å². The third-order valence-electron chi connectivity index (χ3n) is 2.01. The molecule has 1 aromatic heterocycles. The lowest BCUT2D eigenvalue weighted by Gasteiger charge is -2.11. The number of aromatic nitrogens is 1. The molecular formula is C10H4N2O2S. The van der Waals surface area contributed by atoms with Crippen LogP contribution in [0.15, 0.2) is 24.7 Å². The summed E-state index contributed by atoms with van der Waals surface area (Å²) in [6.07, 6.45) is 2.94. The third kappa shape index (κ3) is 1.16. The lowest BCUT2D eigenvalue weighted by Crippen LogP contribution is -1.95. The van der Waals surface area contributed by atoms with E-state index >= 15 is 0 Å². The van der Waals surface area contributed by atoms with Gasteiger partial charge < -0.3 is 9.47 Å². The summed E-state index contributed by atoms with van der Waals surface area (Å²) >= 11 is 1.30. The van der Waals surface area contributed by atoms with E-state index < -0.39 is 0 Å². The van der Waals surface area contributed by atoms with E-state index in [1.807, 2.05) is 12.1 Å². The van der Waals surface area contributed by atoms with Crippen LogP contribution in [0.25, 0.3) is 10.2 Å². The molecule has 0 fully saturated rings. The van der Waals surface area contributed by atoms with E-state index in [1.54, 1.807) is 6.07 Å². The zero-order chi connectivity index (χ0) is 10.3. The molecule has 0 saturated heterocycles. The van der Waals surface area contributed by atoms with Crippen LogP contribution in [0.2, 0.25) is 0 Å². The Labute approximate surface area is 89.0 Å². The fraction of sp³-hybridized carbons (Fsp3) is 0. The maximum Gasteiger partial charge on any atom is 0.195 e. The van der Waals surface area contributed by atoms with Crippen molar-refractivity contribution in [3.05, 3.63) is 29.7 Å². The molecule has 0 N–H and O–H groups in total. The summed E-state index contributed by atoms with van der Waals surface area (Å²) in [5, 5.41) is 9.18. The molecule has 2 aromatic rings. The summed E-state index contributed by atoms with van der Waals surface area (Å²) in [4.78, 5) is 4.14. The molecule has 0 aliphatic carbocycles. The summed E-state index contributed by atoms with van der Waals surface area (Å²) in [6.45, 7) is 0. The number of fused-ring (bicyclic) bond motifs is 3. The van der Waals surface area contributed by atoms with Gasteiger partial charge in [0.25, 0.3) is 0 Å². The van der Waals surface area contributed by atoms with E-state index in [4.69, 9.17) is 14.7 Å². The summed E-state index contributed by atoms with van der Waals surface area (Å²) in [5.41, 5.74) is 0.759. The molecule has 0 bridgehead atoms. The van der Waals surface area contributed by atoms with Crippen molar-refractivity contribution in [1.82, 2.24) is 4.98 Å². The standard InChI is InChI=1S/C10H4N2O2S/c11-5-8-12-6-1-2-7-9(10(6)15-8)14-4-3-13-7/h1-4H. The van der Waals surface area contributed by atoms with E-state index in [1.165, 1.54) is 23.9 Å². The number of benzene rings is 1. The molecule has 5 heteroatoms. The molecule has 0 saturated carbocycles. The second-order valence-electron chi connectivity index (χ2n) is 2.88. The molecule has 2 heterocycles. The quantitative estimate of drug-likeness (QED) is 0.678. The number of ether oxygens (including phenoxy) is 2. The smallest absolute Gasteiger partial charge is 0.195 e. The van der Waals surface area contributed by atoms with Gasteiger partial charge in [0, 0.05) is 0 Å². The van der Waals surface area contributed by atoms with Gasteiger partial charge in [0.1, 0.15) is 23.3 Å². The summed E-state index contributed by atoms with van der Waals surface area (Å²) in [6, 6.07) is 5.61. The molecule has 1 aliphatic heterocycles. The Morgan fingerprint density at radius 3 is 3.00 bits per heavy atom. The first-order valence-electron chi connectivity index (χ1n) is 4.20. The van der Waals surface area contributed by atoms with E-state index in [0.29, 0.717) is 16.5 Å². The van der Waals surface area contributed by atoms with Gasteiger partial charge in [0.05, 0.1) is 5.52 Å². The second kappa shape index (κ2) is 2.97. The molecule has 72 valence electrons. The average molecular weight is 216 g/mol. The number of nitriles is 1. The van der Waals surface area contributed by atoms with Gasteiger partial charge in [-0.25, -0.2) is 4.98 Å². The average Bonchev–Trinajstić information content (AvgIpc) is 2.72. The fourth-order valence-corrected chi connectivity index (χ4v) is 2.24. The Morgan fingerprint density at radius 1 is 1.27 bits per heavy atom. The lowest BCUT2D eigenvalue weighted by atomic mass is 10.3. The normalized spacial score (nSPS) is 12.7. The minimum atomic E-state index is 0.427. The largest absolute Gasteiger partial charge is 0.458 e. The van der Waals surface area contributed by atoms with Crippen molar-refractivity contribution in [2.75, 3.05) is 0 Å². The number of rotatable bonds is 0. The Balaban J connectivity index is 2.34. The number of hydrogen-bond donors (Lipinski definition) is 0. The number of nitrogens with zero attached hydrogens (tertiary/aromatic N) is 2. The Morgan fingerprint density at radius 2 is 2.13 bits per heavy atom. The Bertz CT molecular complexity index is 610. The van der Waals surface area contributed by atoms with Crippen molar-refractivity contribution < 1.29 is 9.47 Å². The fourth-order valence-electron chi connectivity index (χ4n) is 1.40. The predicted molar refractivity (Wildman–Crippen MR) is 54.7 cm³/mol. The van der Waals surface area contributed by atoms with Crippen LogP contribution in [0.3, 0.4) is 0 Å². The molecule has 0 amide bonds. The summed E-state index contributed by atoms with van der Waals surface area (Å²) < 4.78 is 11.5. The van der Waals surface area contributed by atoms with Crippen LogP contribution in [-0.4, -0.2) is 4.98 Å². The van der Waals surface area contributed by atoms with Crippen LogP contribution in [-0.2, 0) is 0 Å². The molecule has 3 rings (SSSR count). The van der Waals surface area contributed by atoms with Crippen LogP contribution in [0.5, 0.6) is 11.5 Å². The van der Waals surface area contributed by atoms with Gasteiger partial charge in [-0.2, -0.15) is 5.26 Å². The van der Waals surface area contributed by atoms with E-state index in [9.17, 15) is 0 Å². The highest BCUT2D eigenvalue weighted by atomic mass is 32.1. The molecule has 4 nitrogen and oxygen atoms in total. The van der Waals surface area contributed by atoms with Crippen LogP contribution >= 0.6 is 11.3 Å². The third-order valence-corrected chi connectivity index (χ3v) is 2.98. The predicted octanol–water partition coefficient (Wildman–Crippen LogP) is 2.41. The van der Waals surface area contributed by atoms with Crippen molar-refractivity contribution in [3.63, 3.8) is 0 Å². The van der Waals surface area contributed by atoms with Crippen LogP contribution < -0.4 is 9.47 Å². The topological polar surface area (TPSA) is 55.1 Å². The summed E-state index contributed by atoms with van der Waals surface area (Å²) in [5.74, 6) is 1.28. The van der Waals surface area contributed by atoms with Gasteiger partial charge in [-0.15, -0.1) is 0 Å². The molecule has 0 radical (unpaired) electrons. The van der Waals surface area contributed by atoms with Gasteiger partial charge in [-0.1, -0.05) is 11.3 Å². The van der Waals surface area contributed by atoms with E-state index in [0.717, 1.165) is 10.2 Å². The lowest BCUT2D eigenvalue weighted by molar-refractivity contribution is 0.366. The van der Waals surface area contributed by atoms with Crippen molar-refractivity contribution in [1.29, 1.82) is 5.26 Å². The second-order valence-corrected chi connectivity index (χ2v) is 3.88. The molecule has 15 heavy (non-hydrogen) atoms. The maximum atomic E-state index is 8.75. The number of hydrogen-bond acceptors (Lipinski definition) is 5. The minimum Gasteiger partial charge on any atom is -0.458 e. The monoisotopic (exact) mass is 216 g/mol. The highest BCUT2D eigenvalue weighted by Gasteiger charge is 2.16.